The van der Waals surface area contributed by atoms with Gasteiger partial charge in [0.1, 0.15) is 11.9 Å². The van der Waals surface area contributed by atoms with Gasteiger partial charge in [-0.25, -0.2) is 4.39 Å². The Kier molecular flexibility index (Phi) is 4.48. The molecule has 102 valence electrons. The molecule has 5 heteroatoms. The number of benzene rings is 1. The molecule has 2 rings (SSSR count). The largest absolute Gasteiger partial charge is 0.383 e. The van der Waals surface area contributed by atoms with Crippen molar-refractivity contribution in [2.24, 2.45) is 5.73 Å². The molecule has 1 saturated heterocycles. The molecule has 0 spiro atoms. The van der Waals surface area contributed by atoms with Crippen molar-refractivity contribution in [2.45, 2.75) is 12.0 Å². The SMILES string of the molecule is COCCN1C[C@H](c2ccc(F)c(C#N)c2)[C@@H](N)C1. The molecule has 19 heavy (non-hydrogen) atoms. The van der Waals surface area contributed by atoms with Crippen molar-refractivity contribution < 1.29 is 9.13 Å². The van der Waals surface area contributed by atoms with Crippen molar-refractivity contribution in [3.63, 3.8) is 0 Å². The van der Waals surface area contributed by atoms with Crippen LogP contribution in [-0.4, -0.2) is 44.3 Å². The van der Waals surface area contributed by atoms with E-state index in [0.29, 0.717) is 6.61 Å². The fourth-order valence-corrected chi connectivity index (χ4v) is 2.53. The second kappa shape index (κ2) is 6.11. The number of nitrogens with zero attached hydrogens (tertiary/aromatic N) is 2. The Hall–Kier alpha value is -1.48. The lowest BCUT2D eigenvalue weighted by Crippen LogP contribution is -2.30. The Bertz CT molecular complexity index is 486. The molecule has 0 bridgehead atoms. The molecule has 0 radical (unpaired) electrons. The average molecular weight is 263 g/mol. The molecule has 2 N–H and O–H groups in total. The van der Waals surface area contributed by atoms with Crippen LogP contribution in [0.5, 0.6) is 0 Å². The Morgan fingerprint density at radius 2 is 2.32 bits per heavy atom. The van der Waals surface area contributed by atoms with Gasteiger partial charge in [0.05, 0.1) is 12.2 Å². The number of ether oxygens (including phenoxy) is 1. The molecule has 1 fully saturated rings. The van der Waals surface area contributed by atoms with Crippen LogP contribution in [0.15, 0.2) is 18.2 Å². The third-order valence-corrected chi connectivity index (χ3v) is 3.59. The molecule has 0 aliphatic carbocycles. The Morgan fingerprint density at radius 1 is 1.53 bits per heavy atom. The highest BCUT2D eigenvalue weighted by Crippen LogP contribution is 2.27. The molecular formula is C14H18FN3O. The summed E-state index contributed by atoms with van der Waals surface area (Å²) in [6.45, 7) is 3.13. The molecule has 0 unspecified atom stereocenters. The first-order valence-electron chi connectivity index (χ1n) is 6.32. The van der Waals surface area contributed by atoms with Gasteiger partial charge < -0.3 is 10.5 Å². The van der Waals surface area contributed by atoms with Crippen LogP contribution < -0.4 is 5.73 Å². The molecule has 0 amide bonds. The third-order valence-electron chi connectivity index (χ3n) is 3.59. The van der Waals surface area contributed by atoms with Crippen molar-refractivity contribution in [1.29, 1.82) is 5.26 Å². The van der Waals surface area contributed by atoms with E-state index >= 15 is 0 Å². The van der Waals surface area contributed by atoms with E-state index in [1.807, 2.05) is 6.07 Å². The predicted molar refractivity (Wildman–Crippen MR) is 70.1 cm³/mol. The summed E-state index contributed by atoms with van der Waals surface area (Å²) < 4.78 is 18.4. The topological polar surface area (TPSA) is 62.3 Å². The maximum Gasteiger partial charge on any atom is 0.140 e. The van der Waals surface area contributed by atoms with Gasteiger partial charge in [-0.2, -0.15) is 5.26 Å². The van der Waals surface area contributed by atoms with Crippen LogP contribution in [0.1, 0.15) is 17.0 Å². The van der Waals surface area contributed by atoms with Crippen LogP contribution in [0.4, 0.5) is 4.39 Å². The monoisotopic (exact) mass is 263 g/mol. The van der Waals surface area contributed by atoms with Gasteiger partial charge in [-0.1, -0.05) is 6.07 Å². The quantitative estimate of drug-likeness (QED) is 0.882. The summed E-state index contributed by atoms with van der Waals surface area (Å²) in [4.78, 5) is 2.23. The lowest BCUT2D eigenvalue weighted by Gasteiger charge is -2.16. The summed E-state index contributed by atoms with van der Waals surface area (Å²) in [6.07, 6.45) is 0. The first-order chi connectivity index (χ1) is 9.15. The second-order valence-corrected chi connectivity index (χ2v) is 4.87. The lowest BCUT2D eigenvalue weighted by atomic mass is 9.93. The molecule has 1 aromatic carbocycles. The zero-order valence-electron chi connectivity index (χ0n) is 11.0. The summed E-state index contributed by atoms with van der Waals surface area (Å²) >= 11 is 0. The number of hydrogen-bond acceptors (Lipinski definition) is 4. The van der Waals surface area contributed by atoms with E-state index in [1.54, 1.807) is 19.2 Å². The summed E-state index contributed by atoms with van der Waals surface area (Å²) in [5, 5.41) is 8.87. The highest BCUT2D eigenvalue weighted by molar-refractivity contribution is 5.37. The highest BCUT2D eigenvalue weighted by Gasteiger charge is 2.31. The molecular weight excluding hydrogens is 245 g/mol. The highest BCUT2D eigenvalue weighted by atomic mass is 19.1. The van der Waals surface area contributed by atoms with Crippen molar-refractivity contribution in [1.82, 2.24) is 4.90 Å². The molecule has 2 atom stereocenters. The molecule has 1 heterocycles. The average Bonchev–Trinajstić information content (AvgIpc) is 2.78. The van der Waals surface area contributed by atoms with Gasteiger partial charge in [-0.05, 0) is 17.7 Å². The third kappa shape index (κ3) is 3.10. The fraction of sp³-hybridized carbons (Fsp3) is 0.500. The zero-order valence-corrected chi connectivity index (χ0v) is 11.0. The molecule has 4 nitrogen and oxygen atoms in total. The summed E-state index contributed by atoms with van der Waals surface area (Å²) in [6, 6.07) is 6.56. The van der Waals surface area contributed by atoms with Crippen LogP contribution in [0.2, 0.25) is 0 Å². The maximum absolute atomic E-state index is 13.3. The summed E-state index contributed by atoms with van der Waals surface area (Å²) in [7, 11) is 1.67. The van der Waals surface area contributed by atoms with E-state index in [-0.39, 0.29) is 17.5 Å². The number of nitrogens with two attached hydrogens (primary N) is 1. The number of nitriles is 1. The summed E-state index contributed by atoms with van der Waals surface area (Å²) in [5.41, 5.74) is 7.16. The van der Waals surface area contributed by atoms with Crippen molar-refractivity contribution in [2.75, 3.05) is 33.4 Å². The smallest absolute Gasteiger partial charge is 0.140 e. The number of methoxy groups -OCH3 is 1. The Balaban J connectivity index is 2.12. The molecule has 0 saturated carbocycles. The number of hydrogen-bond donors (Lipinski definition) is 1. The normalized spacial score (nSPS) is 23.5. The van der Waals surface area contributed by atoms with Gasteiger partial charge in [0.25, 0.3) is 0 Å². The van der Waals surface area contributed by atoms with E-state index in [9.17, 15) is 4.39 Å². The molecule has 1 aromatic rings. The molecule has 1 aliphatic heterocycles. The van der Waals surface area contributed by atoms with Crippen LogP contribution in [0.25, 0.3) is 0 Å². The van der Waals surface area contributed by atoms with Crippen molar-refractivity contribution >= 4 is 0 Å². The van der Waals surface area contributed by atoms with Gasteiger partial charge in [0.15, 0.2) is 0 Å². The Labute approximate surface area is 112 Å². The van der Waals surface area contributed by atoms with Crippen molar-refractivity contribution in [3.8, 4) is 6.07 Å². The molecule has 1 aliphatic rings. The number of halogens is 1. The lowest BCUT2D eigenvalue weighted by molar-refractivity contribution is 0.160. The predicted octanol–water partition coefficient (Wildman–Crippen LogP) is 1.07. The Morgan fingerprint density at radius 3 is 3.00 bits per heavy atom. The van der Waals surface area contributed by atoms with E-state index < -0.39 is 5.82 Å². The fourth-order valence-electron chi connectivity index (χ4n) is 2.53. The minimum absolute atomic E-state index is 0.00820. The van der Waals surface area contributed by atoms with E-state index in [0.717, 1.165) is 25.2 Å². The summed E-state index contributed by atoms with van der Waals surface area (Å²) in [5.74, 6) is -0.335. The van der Waals surface area contributed by atoms with Crippen molar-refractivity contribution in [3.05, 3.63) is 35.1 Å². The zero-order chi connectivity index (χ0) is 13.8. The maximum atomic E-state index is 13.3. The van der Waals surface area contributed by atoms with Gasteiger partial charge in [-0.15, -0.1) is 0 Å². The standard InChI is InChI=1S/C14H18FN3O/c1-19-5-4-18-8-12(14(17)9-18)10-2-3-13(15)11(6-10)7-16/h2-3,6,12,14H,4-5,8-9,17H2,1H3/t12-,14+/m1/s1. The van der Waals surface area contributed by atoms with E-state index in [1.165, 1.54) is 6.07 Å². The number of rotatable bonds is 4. The first-order valence-corrected chi connectivity index (χ1v) is 6.32. The van der Waals surface area contributed by atoms with Gasteiger partial charge in [0.2, 0.25) is 0 Å². The van der Waals surface area contributed by atoms with Crippen LogP contribution >= 0.6 is 0 Å². The van der Waals surface area contributed by atoms with Gasteiger partial charge >= 0.3 is 0 Å². The van der Waals surface area contributed by atoms with Crippen LogP contribution in [0.3, 0.4) is 0 Å². The van der Waals surface area contributed by atoms with Crippen LogP contribution in [-0.2, 0) is 4.74 Å². The molecule has 0 aromatic heterocycles. The van der Waals surface area contributed by atoms with E-state index in [2.05, 4.69) is 4.90 Å². The minimum atomic E-state index is -0.478. The minimum Gasteiger partial charge on any atom is -0.383 e. The number of likely N-dealkylation sites (tertiary alicyclic amines) is 1. The first kappa shape index (κ1) is 13.9. The van der Waals surface area contributed by atoms with Gasteiger partial charge in [-0.3, -0.25) is 4.90 Å². The van der Waals surface area contributed by atoms with E-state index in [4.69, 9.17) is 15.7 Å². The van der Waals surface area contributed by atoms with Gasteiger partial charge in [0, 0.05) is 38.7 Å². The van der Waals surface area contributed by atoms with Crippen LogP contribution in [0, 0.1) is 17.1 Å². The second-order valence-electron chi connectivity index (χ2n) is 4.87.